The van der Waals surface area contributed by atoms with Crippen LogP contribution in [0.3, 0.4) is 0 Å². The SMILES string of the molecule is CONC(=O)c1cnc2ccc(N3CCCC3)nn12.Fc1ccccc1. The molecule has 0 unspecified atom stereocenters. The van der Waals surface area contributed by atoms with Gasteiger partial charge in [0, 0.05) is 13.1 Å². The van der Waals surface area contributed by atoms with Gasteiger partial charge in [0.15, 0.2) is 11.3 Å². The van der Waals surface area contributed by atoms with Gasteiger partial charge in [0.05, 0.1) is 13.3 Å². The van der Waals surface area contributed by atoms with E-state index in [9.17, 15) is 9.18 Å². The molecule has 1 amide bonds. The summed E-state index contributed by atoms with van der Waals surface area (Å²) in [6.07, 6.45) is 3.85. The second kappa shape index (κ2) is 8.39. The van der Waals surface area contributed by atoms with Crippen molar-refractivity contribution in [1.29, 1.82) is 0 Å². The maximum atomic E-state index is 11.9. The van der Waals surface area contributed by atoms with E-state index in [2.05, 4.69) is 25.3 Å². The summed E-state index contributed by atoms with van der Waals surface area (Å²) in [5.74, 6) is 0.332. The van der Waals surface area contributed by atoms with Crippen molar-refractivity contribution in [3.05, 3.63) is 60.2 Å². The minimum absolute atomic E-state index is 0.178. The van der Waals surface area contributed by atoms with Gasteiger partial charge in [-0.1, -0.05) is 18.2 Å². The summed E-state index contributed by atoms with van der Waals surface area (Å²) < 4.78 is 13.5. The summed E-state index contributed by atoms with van der Waals surface area (Å²) in [5, 5.41) is 4.48. The zero-order chi connectivity index (χ0) is 18.4. The van der Waals surface area contributed by atoms with Crippen LogP contribution in [-0.4, -0.2) is 40.7 Å². The quantitative estimate of drug-likeness (QED) is 0.729. The van der Waals surface area contributed by atoms with Crippen LogP contribution in [0.25, 0.3) is 5.65 Å². The van der Waals surface area contributed by atoms with Crippen LogP contribution < -0.4 is 10.4 Å². The Morgan fingerprint density at radius 1 is 1.15 bits per heavy atom. The molecule has 3 aromatic rings. The molecule has 26 heavy (non-hydrogen) atoms. The first-order valence-corrected chi connectivity index (χ1v) is 8.32. The highest BCUT2D eigenvalue weighted by atomic mass is 19.1. The van der Waals surface area contributed by atoms with Gasteiger partial charge in [-0.2, -0.15) is 0 Å². The Labute approximate surface area is 150 Å². The van der Waals surface area contributed by atoms with E-state index >= 15 is 0 Å². The van der Waals surface area contributed by atoms with Crippen molar-refractivity contribution >= 4 is 17.4 Å². The molecular formula is C18H20FN5O2. The van der Waals surface area contributed by atoms with Crippen molar-refractivity contribution in [3.63, 3.8) is 0 Å². The van der Waals surface area contributed by atoms with E-state index in [1.54, 1.807) is 22.7 Å². The first kappa shape index (κ1) is 17.8. The van der Waals surface area contributed by atoms with Gasteiger partial charge in [0.2, 0.25) is 0 Å². The molecule has 1 aliphatic heterocycles. The number of nitrogens with zero attached hydrogens (tertiary/aromatic N) is 4. The zero-order valence-corrected chi connectivity index (χ0v) is 14.4. The molecular weight excluding hydrogens is 337 g/mol. The van der Waals surface area contributed by atoms with Gasteiger partial charge in [-0.05, 0) is 37.1 Å². The van der Waals surface area contributed by atoms with Crippen molar-refractivity contribution < 1.29 is 14.0 Å². The van der Waals surface area contributed by atoms with Crippen LogP contribution in [0, 0.1) is 5.82 Å². The molecule has 8 heteroatoms. The Balaban J connectivity index is 0.000000236. The van der Waals surface area contributed by atoms with E-state index in [0.717, 1.165) is 18.9 Å². The van der Waals surface area contributed by atoms with Crippen LogP contribution in [-0.2, 0) is 4.84 Å². The topological polar surface area (TPSA) is 71.8 Å². The summed E-state index contributed by atoms with van der Waals surface area (Å²) in [6, 6.07) is 11.7. The summed E-state index contributed by atoms with van der Waals surface area (Å²) in [7, 11) is 1.39. The van der Waals surface area contributed by atoms with E-state index in [1.807, 2.05) is 12.1 Å². The Morgan fingerprint density at radius 2 is 1.88 bits per heavy atom. The van der Waals surface area contributed by atoms with Gasteiger partial charge in [-0.25, -0.2) is 19.4 Å². The molecule has 1 aromatic carbocycles. The average molecular weight is 357 g/mol. The van der Waals surface area contributed by atoms with E-state index in [0.29, 0.717) is 11.3 Å². The number of benzene rings is 1. The van der Waals surface area contributed by atoms with Crippen molar-refractivity contribution in [2.75, 3.05) is 25.1 Å². The number of carbonyl (C=O) groups excluding carboxylic acids is 1. The minimum Gasteiger partial charge on any atom is -0.355 e. The lowest BCUT2D eigenvalue weighted by molar-refractivity contribution is 0.0530. The van der Waals surface area contributed by atoms with Gasteiger partial charge in [-0.3, -0.25) is 9.63 Å². The molecule has 0 bridgehead atoms. The van der Waals surface area contributed by atoms with Gasteiger partial charge in [-0.15, -0.1) is 5.10 Å². The highest BCUT2D eigenvalue weighted by molar-refractivity contribution is 5.92. The van der Waals surface area contributed by atoms with Crippen molar-refractivity contribution in [2.24, 2.45) is 0 Å². The third kappa shape index (κ3) is 4.15. The standard InChI is InChI=1S/C12H15N5O2.C6H5F/c1-19-15-12(18)9-8-13-10-4-5-11(14-17(9)10)16-6-2-3-7-16;7-6-4-2-1-3-5-6/h4-5,8H,2-3,6-7H2,1H3,(H,15,18);1-5H. The van der Waals surface area contributed by atoms with Crippen LogP contribution in [0.2, 0.25) is 0 Å². The molecule has 0 radical (unpaired) electrons. The molecule has 2 aromatic heterocycles. The third-order valence-corrected chi connectivity index (χ3v) is 3.94. The van der Waals surface area contributed by atoms with Gasteiger partial charge < -0.3 is 4.90 Å². The summed E-state index contributed by atoms with van der Waals surface area (Å²) in [4.78, 5) is 22.8. The Kier molecular flexibility index (Phi) is 5.75. The molecule has 0 atom stereocenters. The van der Waals surface area contributed by atoms with Crippen LogP contribution in [0.15, 0.2) is 48.7 Å². The summed E-state index contributed by atoms with van der Waals surface area (Å²) in [5.41, 5.74) is 3.28. The molecule has 1 saturated heterocycles. The number of aromatic nitrogens is 3. The largest absolute Gasteiger partial charge is 0.355 e. The van der Waals surface area contributed by atoms with Gasteiger partial charge in [0.25, 0.3) is 5.91 Å². The summed E-state index contributed by atoms with van der Waals surface area (Å²) in [6.45, 7) is 2.01. The number of imidazole rings is 1. The minimum atomic E-state index is -0.360. The Morgan fingerprint density at radius 3 is 2.50 bits per heavy atom. The van der Waals surface area contributed by atoms with Crippen molar-refractivity contribution in [1.82, 2.24) is 20.1 Å². The maximum absolute atomic E-state index is 11.9. The van der Waals surface area contributed by atoms with Crippen LogP contribution >= 0.6 is 0 Å². The Bertz CT molecular complexity index is 862. The van der Waals surface area contributed by atoms with E-state index in [4.69, 9.17) is 0 Å². The second-order valence-electron chi connectivity index (χ2n) is 5.73. The van der Waals surface area contributed by atoms with Gasteiger partial charge >= 0.3 is 0 Å². The maximum Gasteiger partial charge on any atom is 0.295 e. The summed E-state index contributed by atoms with van der Waals surface area (Å²) >= 11 is 0. The highest BCUT2D eigenvalue weighted by Crippen LogP contribution is 2.18. The number of fused-ring (bicyclic) bond motifs is 1. The molecule has 3 heterocycles. The number of rotatable bonds is 3. The molecule has 1 aliphatic rings. The predicted molar refractivity (Wildman–Crippen MR) is 95.3 cm³/mol. The molecule has 1 N–H and O–H groups in total. The number of amides is 1. The first-order valence-electron chi connectivity index (χ1n) is 8.32. The number of halogens is 1. The third-order valence-electron chi connectivity index (χ3n) is 3.94. The molecule has 7 nitrogen and oxygen atoms in total. The van der Waals surface area contributed by atoms with Crippen molar-refractivity contribution in [2.45, 2.75) is 12.8 Å². The average Bonchev–Trinajstić information content (AvgIpc) is 3.32. The fraction of sp³-hybridized carbons (Fsp3) is 0.278. The smallest absolute Gasteiger partial charge is 0.295 e. The lowest BCUT2D eigenvalue weighted by Gasteiger charge is -2.16. The number of hydrogen-bond donors (Lipinski definition) is 1. The second-order valence-corrected chi connectivity index (χ2v) is 5.73. The predicted octanol–water partition coefficient (Wildman–Crippen LogP) is 2.45. The van der Waals surface area contributed by atoms with Crippen LogP contribution in [0.4, 0.5) is 10.2 Å². The molecule has 136 valence electrons. The normalized spacial score (nSPS) is 13.4. The zero-order valence-electron chi connectivity index (χ0n) is 14.4. The number of anilines is 1. The number of nitrogens with one attached hydrogen (secondary N) is 1. The lowest BCUT2D eigenvalue weighted by atomic mass is 10.4. The van der Waals surface area contributed by atoms with Gasteiger partial charge in [0.1, 0.15) is 11.6 Å². The number of carbonyl (C=O) groups is 1. The molecule has 0 spiro atoms. The molecule has 1 fully saturated rings. The Hall–Kier alpha value is -3.00. The van der Waals surface area contributed by atoms with Crippen LogP contribution in [0.1, 0.15) is 23.3 Å². The van der Waals surface area contributed by atoms with Crippen LogP contribution in [0.5, 0.6) is 0 Å². The molecule has 4 rings (SSSR count). The monoisotopic (exact) mass is 357 g/mol. The van der Waals surface area contributed by atoms with E-state index in [1.165, 1.54) is 38.3 Å². The lowest BCUT2D eigenvalue weighted by Crippen LogP contribution is -2.25. The molecule has 0 saturated carbocycles. The molecule has 0 aliphatic carbocycles. The highest BCUT2D eigenvalue weighted by Gasteiger charge is 2.17. The van der Waals surface area contributed by atoms with E-state index in [-0.39, 0.29) is 11.7 Å². The fourth-order valence-corrected chi connectivity index (χ4v) is 2.69. The fourth-order valence-electron chi connectivity index (χ4n) is 2.69. The first-order chi connectivity index (χ1) is 12.7. The van der Waals surface area contributed by atoms with E-state index < -0.39 is 0 Å². The van der Waals surface area contributed by atoms with Crippen molar-refractivity contribution in [3.8, 4) is 0 Å². The number of hydrogen-bond acceptors (Lipinski definition) is 5. The number of hydroxylamine groups is 1.